The van der Waals surface area contributed by atoms with Crippen molar-refractivity contribution < 1.29 is 33.7 Å². The fourth-order valence-corrected chi connectivity index (χ4v) is 2.83. The first kappa shape index (κ1) is 20.3. The van der Waals surface area contributed by atoms with Crippen molar-refractivity contribution in [2.45, 2.75) is 4.90 Å². The quantitative estimate of drug-likeness (QED) is 0.403. The van der Waals surface area contributed by atoms with E-state index in [0.29, 0.717) is 5.56 Å². The van der Waals surface area contributed by atoms with Crippen LogP contribution in [0.5, 0.6) is 17.2 Å². The van der Waals surface area contributed by atoms with Crippen LogP contribution >= 0.6 is 11.8 Å². The van der Waals surface area contributed by atoms with Crippen LogP contribution in [0.2, 0.25) is 0 Å². The van der Waals surface area contributed by atoms with E-state index in [-0.39, 0.29) is 33.5 Å². The molecule has 8 heteroatoms. The average molecular weight is 392 g/mol. The Morgan fingerprint density at radius 1 is 1.15 bits per heavy atom. The molecule has 0 fully saturated rings. The first-order valence-corrected chi connectivity index (χ1v) is 8.65. The Morgan fingerprint density at radius 3 is 2.30 bits per heavy atom. The first-order chi connectivity index (χ1) is 12.8. The molecule has 0 saturated carbocycles. The van der Waals surface area contributed by atoms with Gasteiger partial charge in [0.25, 0.3) is 0 Å². The minimum absolute atomic E-state index is 0.126. The van der Waals surface area contributed by atoms with Crippen molar-refractivity contribution >= 4 is 29.6 Å². The number of rotatable bonds is 8. The molecule has 0 aromatic heterocycles. The van der Waals surface area contributed by atoms with Crippen LogP contribution in [0.3, 0.4) is 0 Å². The van der Waals surface area contributed by atoms with Crippen molar-refractivity contribution in [3.8, 4) is 17.2 Å². The number of carbonyl (C=O) groups is 2. The molecule has 0 aliphatic heterocycles. The number of methoxy groups -OCH3 is 2. The normalized spacial score (nSPS) is 10.8. The number of hydrogen-bond acceptors (Lipinski definition) is 6. The minimum atomic E-state index is -1.05. The maximum absolute atomic E-state index is 14.0. The number of carboxylic acid groups (broad SMARTS) is 1. The maximum atomic E-state index is 14.0. The number of hydrogen-bond donors (Lipinski definition) is 2. The molecule has 2 aromatic carbocycles. The van der Waals surface area contributed by atoms with Crippen LogP contribution < -0.4 is 9.47 Å². The van der Waals surface area contributed by atoms with Gasteiger partial charge in [0.15, 0.2) is 17.3 Å². The molecule has 2 aromatic rings. The fourth-order valence-electron chi connectivity index (χ4n) is 2.19. The van der Waals surface area contributed by atoms with Gasteiger partial charge in [0.1, 0.15) is 5.82 Å². The molecule has 6 nitrogen and oxygen atoms in total. The Morgan fingerprint density at radius 2 is 1.78 bits per heavy atom. The molecule has 0 saturated heterocycles. The molecule has 0 aliphatic carbocycles. The lowest BCUT2D eigenvalue weighted by molar-refractivity contribution is -0.133. The lowest BCUT2D eigenvalue weighted by atomic mass is 10.1. The molecule has 0 aliphatic rings. The third-order valence-corrected chi connectivity index (χ3v) is 4.53. The van der Waals surface area contributed by atoms with Crippen LogP contribution in [-0.2, 0) is 4.79 Å². The van der Waals surface area contributed by atoms with E-state index in [4.69, 9.17) is 14.6 Å². The van der Waals surface area contributed by atoms with Gasteiger partial charge in [-0.25, -0.2) is 4.39 Å². The van der Waals surface area contributed by atoms with E-state index in [0.717, 1.165) is 17.8 Å². The number of ketones is 1. The summed E-state index contributed by atoms with van der Waals surface area (Å²) in [6, 6.07) is 6.91. The number of phenolic OH excluding ortho intramolecular Hbond substituents is 1. The predicted molar refractivity (Wildman–Crippen MR) is 99.3 cm³/mol. The van der Waals surface area contributed by atoms with Gasteiger partial charge in [0, 0.05) is 10.5 Å². The molecular formula is C19H17FO6S. The number of benzene rings is 2. The largest absolute Gasteiger partial charge is 0.502 e. The lowest BCUT2D eigenvalue weighted by Gasteiger charge is -2.09. The zero-order chi connectivity index (χ0) is 20.0. The van der Waals surface area contributed by atoms with E-state index >= 15 is 0 Å². The standard InChI is InChI=1S/C19H17FO6S/c1-25-15-7-11(8-16(26-2)19(15)24)3-5-14(21)12-4-6-17(13(20)9-12)27-10-18(22)23/h3-9,24H,10H2,1-2H3,(H,22,23)/b5-3+. The third kappa shape index (κ3) is 5.24. The molecule has 0 heterocycles. The molecule has 0 atom stereocenters. The number of ether oxygens (including phenoxy) is 2. The van der Waals surface area contributed by atoms with Crippen molar-refractivity contribution in [2.24, 2.45) is 0 Å². The summed E-state index contributed by atoms with van der Waals surface area (Å²) in [6.07, 6.45) is 2.74. The number of halogens is 1. The SMILES string of the molecule is COc1cc(/C=C/C(=O)c2ccc(SCC(=O)O)c(F)c2)cc(OC)c1O. The number of allylic oxidation sites excluding steroid dienone is 1. The average Bonchev–Trinajstić information content (AvgIpc) is 2.65. The Kier molecular flexibility index (Phi) is 6.84. The molecule has 2 N–H and O–H groups in total. The second-order valence-electron chi connectivity index (χ2n) is 5.30. The highest BCUT2D eigenvalue weighted by molar-refractivity contribution is 8.00. The molecule has 142 valence electrons. The monoisotopic (exact) mass is 392 g/mol. The Labute approximate surface area is 159 Å². The van der Waals surface area contributed by atoms with Crippen LogP contribution in [0.25, 0.3) is 6.08 Å². The molecular weight excluding hydrogens is 375 g/mol. The van der Waals surface area contributed by atoms with Crippen LogP contribution in [0, 0.1) is 5.82 Å². The number of phenols is 1. The maximum Gasteiger partial charge on any atom is 0.313 e. The molecule has 0 unspecified atom stereocenters. The molecule has 2 rings (SSSR count). The number of thioether (sulfide) groups is 1. The second kappa shape index (κ2) is 9.09. The van der Waals surface area contributed by atoms with Crippen molar-refractivity contribution in [3.05, 3.63) is 53.4 Å². The smallest absolute Gasteiger partial charge is 0.313 e. The highest BCUT2D eigenvalue weighted by Gasteiger charge is 2.12. The molecule has 0 amide bonds. The van der Waals surface area contributed by atoms with Crippen molar-refractivity contribution in [1.29, 1.82) is 0 Å². The van der Waals surface area contributed by atoms with E-state index in [1.54, 1.807) is 0 Å². The summed E-state index contributed by atoms with van der Waals surface area (Å²) in [5.41, 5.74) is 0.671. The third-order valence-electron chi connectivity index (χ3n) is 3.50. The summed E-state index contributed by atoms with van der Waals surface area (Å²) < 4.78 is 24.1. The van der Waals surface area contributed by atoms with Gasteiger partial charge in [-0.2, -0.15) is 0 Å². The Hall–Kier alpha value is -3.00. The highest BCUT2D eigenvalue weighted by Crippen LogP contribution is 2.37. The van der Waals surface area contributed by atoms with Gasteiger partial charge in [0.2, 0.25) is 5.75 Å². The Balaban J connectivity index is 2.19. The van der Waals surface area contributed by atoms with E-state index in [9.17, 15) is 19.1 Å². The second-order valence-corrected chi connectivity index (χ2v) is 6.32. The topological polar surface area (TPSA) is 93.1 Å². The van der Waals surface area contributed by atoms with Gasteiger partial charge in [-0.15, -0.1) is 11.8 Å². The Bertz CT molecular complexity index is 869. The van der Waals surface area contributed by atoms with Crippen LogP contribution in [0.1, 0.15) is 15.9 Å². The number of aromatic hydroxyl groups is 1. The van der Waals surface area contributed by atoms with Gasteiger partial charge in [0.05, 0.1) is 20.0 Å². The van der Waals surface area contributed by atoms with Gasteiger partial charge in [-0.1, -0.05) is 6.08 Å². The van der Waals surface area contributed by atoms with E-state index in [2.05, 4.69) is 0 Å². The summed E-state index contributed by atoms with van der Waals surface area (Å²) >= 11 is 0.840. The summed E-state index contributed by atoms with van der Waals surface area (Å²) in [5, 5.41) is 18.5. The first-order valence-electron chi connectivity index (χ1n) is 7.67. The summed E-state index contributed by atoms with van der Waals surface area (Å²) in [4.78, 5) is 23.0. The number of carbonyl (C=O) groups excluding carboxylic acids is 1. The molecule has 0 spiro atoms. The van der Waals surface area contributed by atoms with Crippen LogP contribution in [0.4, 0.5) is 4.39 Å². The van der Waals surface area contributed by atoms with E-state index < -0.39 is 17.6 Å². The highest BCUT2D eigenvalue weighted by atomic mass is 32.2. The molecule has 0 radical (unpaired) electrons. The lowest BCUT2D eigenvalue weighted by Crippen LogP contribution is -2.00. The van der Waals surface area contributed by atoms with Gasteiger partial charge in [-0.05, 0) is 42.0 Å². The molecule has 27 heavy (non-hydrogen) atoms. The summed E-state index contributed by atoms with van der Waals surface area (Å²) in [7, 11) is 2.78. The molecule has 0 bridgehead atoms. The van der Waals surface area contributed by atoms with Gasteiger partial charge < -0.3 is 19.7 Å². The predicted octanol–water partition coefficient (Wildman–Crippen LogP) is 3.62. The summed E-state index contributed by atoms with van der Waals surface area (Å²) in [6.45, 7) is 0. The zero-order valence-corrected chi connectivity index (χ0v) is 15.4. The number of carboxylic acids is 1. The zero-order valence-electron chi connectivity index (χ0n) is 14.6. The van der Waals surface area contributed by atoms with Crippen molar-refractivity contribution in [2.75, 3.05) is 20.0 Å². The summed E-state index contributed by atoms with van der Waals surface area (Å²) in [5.74, 6) is -2.20. The van der Waals surface area contributed by atoms with Crippen molar-refractivity contribution in [3.63, 3.8) is 0 Å². The van der Waals surface area contributed by atoms with E-state index in [1.807, 2.05) is 0 Å². The number of aliphatic carboxylic acids is 1. The van der Waals surface area contributed by atoms with E-state index in [1.165, 1.54) is 50.6 Å². The van der Waals surface area contributed by atoms with Crippen LogP contribution in [0.15, 0.2) is 41.3 Å². The van der Waals surface area contributed by atoms with Gasteiger partial charge >= 0.3 is 5.97 Å². The van der Waals surface area contributed by atoms with Crippen LogP contribution in [-0.4, -0.2) is 41.9 Å². The minimum Gasteiger partial charge on any atom is -0.502 e. The van der Waals surface area contributed by atoms with Crippen molar-refractivity contribution in [1.82, 2.24) is 0 Å². The fraction of sp³-hybridized carbons (Fsp3) is 0.158. The van der Waals surface area contributed by atoms with Gasteiger partial charge in [-0.3, -0.25) is 9.59 Å².